The standard InChI is InChI=1S/C20H29N5OS.HI/c1-4-21-20(24-13-18-14(2)25-15(3)27-18)23-12-16-9-10-19(22-11-16)26-17-7-5-6-8-17;/h9-11,17H,4-8,12-13H2,1-3H3,(H2,21,23,24);1H. The van der Waals surface area contributed by atoms with Crippen molar-refractivity contribution in [2.24, 2.45) is 4.99 Å². The van der Waals surface area contributed by atoms with Crippen molar-refractivity contribution in [3.05, 3.63) is 39.5 Å². The first-order chi connectivity index (χ1) is 13.1. The molecule has 1 saturated carbocycles. The topological polar surface area (TPSA) is 71.4 Å². The first kappa shape index (κ1) is 22.9. The molecule has 0 aliphatic heterocycles. The first-order valence-electron chi connectivity index (χ1n) is 9.70. The summed E-state index contributed by atoms with van der Waals surface area (Å²) in [6.07, 6.45) is 7.00. The molecular weight excluding hydrogens is 485 g/mol. The maximum Gasteiger partial charge on any atom is 0.213 e. The van der Waals surface area contributed by atoms with Gasteiger partial charge in [-0.3, -0.25) is 0 Å². The van der Waals surface area contributed by atoms with Crippen LogP contribution in [-0.4, -0.2) is 28.6 Å². The molecule has 2 aromatic rings. The summed E-state index contributed by atoms with van der Waals surface area (Å²) in [5, 5.41) is 7.77. The summed E-state index contributed by atoms with van der Waals surface area (Å²) in [6.45, 7) is 8.27. The highest BCUT2D eigenvalue weighted by Gasteiger charge is 2.16. The second kappa shape index (κ2) is 11.5. The van der Waals surface area contributed by atoms with E-state index in [1.807, 2.05) is 32.2 Å². The van der Waals surface area contributed by atoms with Gasteiger partial charge in [-0.25, -0.2) is 15.0 Å². The Morgan fingerprint density at radius 1 is 1.25 bits per heavy atom. The maximum absolute atomic E-state index is 5.92. The molecule has 0 atom stereocenters. The molecule has 1 fully saturated rings. The van der Waals surface area contributed by atoms with Crippen LogP contribution >= 0.6 is 35.3 Å². The number of thiazole rings is 1. The van der Waals surface area contributed by atoms with Gasteiger partial charge in [-0.15, -0.1) is 35.3 Å². The van der Waals surface area contributed by atoms with Crippen LogP contribution in [0.25, 0.3) is 0 Å². The quantitative estimate of drug-likeness (QED) is 0.326. The number of aryl methyl sites for hydroxylation is 2. The largest absolute Gasteiger partial charge is 0.474 e. The summed E-state index contributed by atoms with van der Waals surface area (Å²) < 4.78 is 5.92. The second-order valence-electron chi connectivity index (χ2n) is 6.82. The van der Waals surface area contributed by atoms with Crippen LogP contribution in [0.4, 0.5) is 0 Å². The maximum atomic E-state index is 5.92. The summed E-state index contributed by atoms with van der Waals surface area (Å²) in [7, 11) is 0. The van der Waals surface area contributed by atoms with E-state index in [9.17, 15) is 0 Å². The number of guanidine groups is 1. The predicted molar refractivity (Wildman–Crippen MR) is 126 cm³/mol. The van der Waals surface area contributed by atoms with Gasteiger partial charge in [0, 0.05) is 23.7 Å². The number of hydrogen-bond acceptors (Lipinski definition) is 5. The SMILES string of the molecule is CCNC(=NCc1ccc(OC2CCCC2)nc1)NCc1sc(C)nc1C.I. The number of rotatable bonds is 7. The van der Waals surface area contributed by atoms with E-state index in [0.717, 1.165) is 54.0 Å². The molecule has 0 radical (unpaired) electrons. The molecule has 2 heterocycles. The summed E-state index contributed by atoms with van der Waals surface area (Å²) in [5.41, 5.74) is 2.15. The molecule has 0 amide bonds. The second-order valence-corrected chi connectivity index (χ2v) is 8.11. The molecule has 0 unspecified atom stereocenters. The Kier molecular flexibility index (Phi) is 9.43. The normalized spacial score (nSPS) is 14.6. The molecule has 8 heteroatoms. The average molecular weight is 515 g/mol. The van der Waals surface area contributed by atoms with Gasteiger partial charge in [0.2, 0.25) is 5.88 Å². The summed E-state index contributed by atoms with van der Waals surface area (Å²) in [6, 6.07) is 3.99. The van der Waals surface area contributed by atoms with Crippen LogP contribution in [0.3, 0.4) is 0 Å². The fourth-order valence-corrected chi connectivity index (χ4v) is 4.04. The third-order valence-electron chi connectivity index (χ3n) is 4.57. The molecule has 3 rings (SSSR count). The van der Waals surface area contributed by atoms with Crippen molar-refractivity contribution in [1.82, 2.24) is 20.6 Å². The Hall–Kier alpha value is -1.42. The van der Waals surface area contributed by atoms with E-state index in [-0.39, 0.29) is 24.0 Å². The van der Waals surface area contributed by atoms with Crippen LogP contribution in [0.2, 0.25) is 0 Å². The lowest BCUT2D eigenvalue weighted by Crippen LogP contribution is -2.36. The molecule has 6 nitrogen and oxygen atoms in total. The number of halogens is 1. The molecule has 1 aliphatic rings. The molecule has 1 aliphatic carbocycles. The van der Waals surface area contributed by atoms with Gasteiger partial charge in [0.15, 0.2) is 5.96 Å². The fourth-order valence-electron chi connectivity index (χ4n) is 3.16. The van der Waals surface area contributed by atoms with Crippen LogP contribution in [0, 0.1) is 13.8 Å². The van der Waals surface area contributed by atoms with E-state index < -0.39 is 0 Å². The zero-order valence-electron chi connectivity index (χ0n) is 16.8. The van der Waals surface area contributed by atoms with E-state index in [1.54, 1.807) is 11.3 Å². The van der Waals surface area contributed by atoms with Crippen molar-refractivity contribution < 1.29 is 4.74 Å². The zero-order valence-corrected chi connectivity index (χ0v) is 20.0. The van der Waals surface area contributed by atoms with Crippen molar-refractivity contribution in [3.63, 3.8) is 0 Å². The third kappa shape index (κ3) is 6.88. The minimum Gasteiger partial charge on any atom is -0.474 e. The Bertz CT molecular complexity index is 756. The molecule has 0 saturated heterocycles. The summed E-state index contributed by atoms with van der Waals surface area (Å²) >= 11 is 1.72. The van der Waals surface area contributed by atoms with Crippen molar-refractivity contribution in [2.75, 3.05) is 6.54 Å². The van der Waals surface area contributed by atoms with E-state index >= 15 is 0 Å². The highest BCUT2D eigenvalue weighted by molar-refractivity contribution is 14.0. The number of hydrogen-bond donors (Lipinski definition) is 2. The lowest BCUT2D eigenvalue weighted by molar-refractivity contribution is 0.201. The minimum atomic E-state index is 0. The van der Waals surface area contributed by atoms with Crippen LogP contribution in [-0.2, 0) is 13.1 Å². The number of aliphatic imine (C=N–C) groups is 1. The molecule has 154 valence electrons. The van der Waals surface area contributed by atoms with Crippen molar-refractivity contribution in [1.29, 1.82) is 0 Å². The van der Waals surface area contributed by atoms with Crippen molar-refractivity contribution in [2.45, 2.75) is 65.6 Å². The fraction of sp³-hybridized carbons (Fsp3) is 0.550. The minimum absolute atomic E-state index is 0. The monoisotopic (exact) mass is 515 g/mol. The van der Waals surface area contributed by atoms with Crippen LogP contribution in [0.5, 0.6) is 5.88 Å². The van der Waals surface area contributed by atoms with Crippen molar-refractivity contribution in [3.8, 4) is 5.88 Å². The Morgan fingerprint density at radius 2 is 2.04 bits per heavy atom. The van der Waals surface area contributed by atoms with Gasteiger partial charge in [0.05, 0.1) is 23.8 Å². The summed E-state index contributed by atoms with van der Waals surface area (Å²) in [4.78, 5) is 14.8. The van der Waals surface area contributed by atoms with Gasteiger partial charge < -0.3 is 15.4 Å². The Balaban J connectivity index is 0.00000280. The van der Waals surface area contributed by atoms with Crippen LogP contribution in [0.1, 0.15) is 53.7 Å². The third-order valence-corrected chi connectivity index (χ3v) is 5.64. The molecule has 2 N–H and O–H groups in total. The lowest BCUT2D eigenvalue weighted by atomic mass is 10.3. The summed E-state index contributed by atoms with van der Waals surface area (Å²) in [5.74, 6) is 1.52. The van der Waals surface area contributed by atoms with Gasteiger partial charge in [-0.1, -0.05) is 6.07 Å². The Morgan fingerprint density at radius 3 is 2.64 bits per heavy atom. The van der Waals surface area contributed by atoms with Crippen molar-refractivity contribution >= 4 is 41.3 Å². The first-order valence-corrected chi connectivity index (χ1v) is 10.5. The van der Waals surface area contributed by atoms with Gasteiger partial charge in [-0.2, -0.15) is 0 Å². The van der Waals surface area contributed by atoms with E-state index in [1.165, 1.54) is 17.7 Å². The number of pyridine rings is 1. The van der Waals surface area contributed by atoms with E-state index in [0.29, 0.717) is 12.6 Å². The average Bonchev–Trinajstić information content (AvgIpc) is 3.28. The van der Waals surface area contributed by atoms with E-state index in [2.05, 4.69) is 32.5 Å². The molecule has 28 heavy (non-hydrogen) atoms. The lowest BCUT2D eigenvalue weighted by Gasteiger charge is -2.12. The van der Waals surface area contributed by atoms with Gasteiger partial charge in [0.1, 0.15) is 6.10 Å². The number of nitrogens with one attached hydrogen (secondary N) is 2. The predicted octanol–water partition coefficient (Wildman–Crippen LogP) is 4.35. The molecule has 0 aromatic carbocycles. The van der Waals surface area contributed by atoms with Gasteiger partial charge >= 0.3 is 0 Å². The molecular formula is C20H30IN5OS. The van der Waals surface area contributed by atoms with Crippen LogP contribution < -0.4 is 15.4 Å². The zero-order chi connectivity index (χ0) is 19.1. The van der Waals surface area contributed by atoms with Crippen LogP contribution in [0.15, 0.2) is 23.3 Å². The smallest absolute Gasteiger partial charge is 0.213 e. The Labute approximate surface area is 188 Å². The molecule has 0 spiro atoms. The number of aromatic nitrogens is 2. The number of ether oxygens (including phenoxy) is 1. The highest BCUT2D eigenvalue weighted by Crippen LogP contribution is 2.23. The van der Waals surface area contributed by atoms with E-state index in [4.69, 9.17) is 4.74 Å². The molecule has 2 aromatic heterocycles. The number of nitrogens with zero attached hydrogens (tertiary/aromatic N) is 3. The molecule has 0 bridgehead atoms. The highest BCUT2D eigenvalue weighted by atomic mass is 127. The van der Waals surface area contributed by atoms with Gasteiger partial charge in [0.25, 0.3) is 0 Å². The van der Waals surface area contributed by atoms with Gasteiger partial charge in [-0.05, 0) is 52.0 Å².